The zero-order valence-electron chi connectivity index (χ0n) is 9.23. The van der Waals surface area contributed by atoms with Gasteiger partial charge in [-0.1, -0.05) is 6.42 Å². The number of aromatic nitrogens is 2. The standard InChI is InChI=1S/C11H14N4S/c1-16-11(3-2-4-11)8-15-10-7-13-9(5-12)6-14-10/h6-7H,2-4,8H2,1H3,(H,14,15). The molecule has 5 heteroatoms. The molecule has 1 aromatic heterocycles. The van der Waals surface area contributed by atoms with Gasteiger partial charge in [-0.2, -0.15) is 17.0 Å². The molecule has 0 radical (unpaired) electrons. The van der Waals surface area contributed by atoms with Gasteiger partial charge in [0.05, 0.1) is 12.4 Å². The number of hydrogen-bond donors (Lipinski definition) is 1. The van der Waals surface area contributed by atoms with Crippen molar-refractivity contribution in [2.75, 3.05) is 18.1 Å². The van der Waals surface area contributed by atoms with Crippen molar-refractivity contribution >= 4 is 17.6 Å². The zero-order valence-corrected chi connectivity index (χ0v) is 10.0. The van der Waals surface area contributed by atoms with Crippen LogP contribution < -0.4 is 5.32 Å². The fourth-order valence-electron chi connectivity index (χ4n) is 1.75. The van der Waals surface area contributed by atoms with E-state index in [0.717, 1.165) is 12.4 Å². The van der Waals surface area contributed by atoms with Gasteiger partial charge in [0.2, 0.25) is 0 Å². The summed E-state index contributed by atoms with van der Waals surface area (Å²) in [6.45, 7) is 0.925. The van der Waals surface area contributed by atoms with Crippen LogP contribution in [0.2, 0.25) is 0 Å². The Balaban J connectivity index is 1.92. The highest BCUT2D eigenvalue weighted by molar-refractivity contribution is 8.00. The summed E-state index contributed by atoms with van der Waals surface area (Å²) in [6.07, 6.45) is 9.13. The minimum atomic E-state index is 0.355. The smallest absolute Gasteiger partial charge is 0.158 e. The molecule has 4 nitrogen and oxygen atoms in total. The molecule has 0 saturated heterocycles. The Labute approximate surface area is 99.5 Å². The Morgan fingerprint density at radius 2 is 2.31 bits per heavy atom. The maximum Gasteiger partial charge on any atom is 0.158 e. The van der Waals surface area contributed by atoms with Crippen LogP contribution in [0.5, 0.6) is 0 Å². The van der Waals surface area contributed by atoms with Crippen LogP contribution in [0.15, 0.2) is 12.4 Å². The maximum atomic E-state index is 8.60. The van der Waals surface area contributed by atoms with Gasteiger partial charge in [0.25, 0.3) is 0 Å². The Morgan fingerprint density at radius 3 is 2.75 bits per heavy atom. The Bertz CT molecular complexity index is 386. The second-order valence-corrected chi connectivity index (χ2v) is 5.27. The van der Waals surface area contributed by atoms with Gasteiger partial charge in [-0.3, -0.25) is 0 Å². The molecule has 84 valence electrons. The maximum absolute atomic E-state index is 8.60. The quantitative estimate of drug-likeness (QED) is 0.864. The molecule has 0 atom stereocenters. The molecule has 16 heavy (non-hydrogen) atoms. The lowest BCUT2D eigenvalue weighted by atomic mass is 9.84. The van der Waals surface area contributed by atoms with Crippen molar-refractivity contribution in [1.82, 2.24) is 9.97 Å². The molecule has 1 saturated carbocycles. The number of nitrogens with one attached hydrogen (secondary N) is 1. The molecule has 1 heterocycles. The van der Waals surface area contributed by atoms with Crippen molar-refractivity contribution in [3.05, 3.63) is 18.1 Å². The van der Waals surface area contributed by atoms with Crippen LogP contribution in [0.4, 0.5) is 5.82 Å². The van der Waals surface area contributed by atoms with Gasteiger partial charge in [0, 0.05) is 11.3 Å². The third-order valence-corrected chi connectivity index (χ3v) is 4.47. The van der Waals surface area contributed by atoms with Crippen LogP contribution in [0.3, 0.4) is 0 Å². The molecule has 1 aliphatic carbocycles. The zero-order chi connectivity index (χ0) is 11.4. The number of rotatable bonds is 4. The lowest BCUT2D eigenvalue weighted by Gasteiger charge is -2.40. The van der Waals surface area contributed by atoms with Crippen LogP contribution in [0, 0.1) is 11.3 Å². The van der Waals surface area contributed by atoms with Crippen molar-refractivity contribution < 1.29 is 0 Å². The largest absolute Gasteiger partial charge is 0.367 e. The molecule has 0 unspecified atom stereocenters. The minimum Gasteiger partial charge on any atom is -0.367 e. The van der Waals surface area contributed by atoms with E-state index in [2.05, 4.69) is 21.5 Å². The Morgan fingerprint density at radius 1 is 1.50 bits per heavy atom. The summed E-state index contributed by atoms with van der Waals surface area (Å²) in [6, 6.07) is 1.95. The Kier molecular flexibility index (Phi) is 3.30. The van der Waals surface area contributed by atoms with Crippen LogP contribution in [0.25, 0.3) is 0 Å². The fourth-order valence-corrected chi connectivity index (χ4v) is 2.67. The highest BCUT2D eigenvalue weighted by Gasteiger charge is 2.35. The molecule has 1 aliphatic rings. The monoisotopic (exact) mass is 234 g/mol. The van der Waals surface area contributed by atoms with E-state index in [-0.39, 0.29) is 0 Å². The number of nitrogens with zero attached hydrogens (tertiary/aromatic N) is 3. The highest BCUT2D eigenvalue weighted by atomic mass is 32.2. The van der Waals surface area contributed by atoms with E-state index in [1.807, 2.05) is 17.8 Å². The van der Waals surface area contributed by atoms with Crippen LogP contribution >= 0.6 is 11.8 Å². The van der Waals surface area contributed by atoms with E-state index in [0.29, 0.717) is 10.4 Å². The topological polar surface area (TPSA) is 61.6 Å². The number of anilines is 1. The second-order valence-electron chi connectivity index (χ2n) is 3.99. The summed E-state index contributed by atoms with van der Waals surface area (Å²) in [5.41, 5.74) is 0.355. The average molecular weight is 234 g/mol. The van der Waals surface area contributed by atoms with Crippen molar-refractivity contribution in [3.8, 4) is 6.07 Å². The van der Waals surface area contributed by atoms with Crippen LogP contribution in [-0.4, -0.2) is 27.5 Å². The molecule has 0 bridgehead atoms. The predicted octanol–water partition coefficient (Wildman–Crippen LogP) is 2.05. The molecule has 1 aromatic rings. The van der Waals surface area contributed by atoms with Gasteiger partial charge in [-0.15, -0.1) is 0 Å². The van der Waals surface area contributed by atoms with E-state index >= 15 is 0 Å². The molecule has 0 amide bonds. The fraction of sp³-hybridized carbons (Fsp3) is 0.545. The van der Waals surface area contributed by atoms with E-state index in [1.54, 1.807) is 6.20 Å². The van der Waals surface area contributed by atoms with Gasteiger partial charge in [0.15, 0.2) is 5.69 Å². The first-order valence-electron chi connectivity index (χ1n) is 5.29. The average Bonchev–Trinajstić information content (AvgIpc) is 2.29. The molecular weight excluding hydrogens is 220 g/mol. The summed E-state index contributed by atoms with van der Waals surface area (Å²) in [4.78, 5) is 8.11. The van der Waals surface area contributed by atoms with Gasteiger partial charge >= 0.3 is 0 Å². The van der Waals surface area contributed by atoms with E-state index in [4.69, 9.17) is 5.26 Å². The molecule has 0 spiro atoms. The van der Waals surface area contributed by atoms with Crippen LogP contribution in [-0.2, 0) is 0 Å². The molecular formula is C11H14N4S. The second kappa shape index (κ2) is 4.71. The summed E-state index contributed by atoms with van der Waals surface area (Å²) in [5, 5.41) is 11.9. The van der Waals surface area contributed by atoms with E-state index < -0.39 is 0 Å². The summed E-state index contributed by atoms with van der Waals surface area (Å²) in [7, 11) is 0. The lowest BCUT2D eigenvalue weighted by molar-refractivity contribution is 0.379. The summed E-state index contributed by atoms with van der Waals surface area (Å²) < 4.78 is 0.385. The van der Waals surface area contributed by atoms with E-state index in [9.17, 15) is 0 Å². The molecule has 0 aromatic carbocycles. The Hall–Kier alpha value is -1.28. The third-order valence-electron chi connectivity index (χ3n) is 3.06. The highest BCUT2D eigenvalue weighted by Crippen LogP contribution is 2.42. The number of nitriles is 1. The van der Waals surface area contributed by atoms with Crippen molar-refractivity contribution in [2.24, 2.45) is 0 Å². The lowest BCUT2D eigenvalue weighted by Crippen LogP contribution is -2.40. The first-order valence-corrected chi connectivity index (χ1v) is 6.52. The van der Waals surface area contributed by atoms with E-state index in [1.165, 1.54) is 25.5 Å². The minimum absolute atomic E-state index is 0.355. The van der Waals surface area contributed by atoms with Gasteiger partial charge in [-0.05, 0) is 19.1 Å². The molecule has 2 rings (SSSR count). The van der Waals surface area contributed by atoms with Gasteiger partial charge < -0.3 is 5.32 Å². The van der Waals surface area contributed by atoms with Crippen molar-refractivity contribution in [1.29, 1.82) is 5.26 Å². The molecule has 0 aliphatic heterocycles. The van der Waals surface area contributed by atoms with Crippen molar-refractivity contribution in [2.45, 2.75) is 24.0 Å². The number of thioether (sulfide) groups is 1. The van der Waals surface area contributed by atoms with Gasteiger partial charge in [-0.25, -0.2) is 9.97 Å². The number of hydrogen-bond acceptors (Lipinski definition) is 5. The van der Waals surface area contributed by atoms with Crippen molar-refractivity contribution in [3.63, 3.8) is 0 Å². The molecule has 1 fully saturated rings. The predicted molar refractivity (Wildman–Crippen MR) is 65.3 cm³/mol. The summed E-state index contributed by atoms with van der Waals surface area (Å²) in [5.74, 6) is 0.749. The van der Waals surface area contributed by atoms with Crippen LogP contribution in [0.1, 0.15) is 25.0 Å². The SMILES string of the molecule is CSC1(CNc2cnc(C#N)cn2)CCC1. The molecule has 1 N–H and O–H groups in total. The first kappa shape index (κ1) is 11.2. The summed E-state index contributed by atoms with van der Waals surface area (Å²) >= 11 is 1.92. The third kappa shape index (κ3) is 2.27. The normalized spacial score (nSPS) is 17.2. The van der Waals surface area contributed by atoms with Gasteiger partial charge in [0.1, 0.15) is 11.9 Å². The first-order chi connectivity index (χ1) is 7.78.